The van der Waals surface area contributed by atoms with Crippen LogP contribution in [-0.2, 0) is 15.9 Å². The van der Waals surface area contributed by atoms with Gasteiger partial charge in [0.05, 0.1) is 12.1 Å². The molecule has 0 amide bonds. The highest BCUT2D eigenvalue weighted by molar-refractivity contribution is 14.0. The van der Waals surface area contributed by atoms with Crippen molar-refractivity contribution >= 4 is 29.9 Å². The second kappa shape index (κ2) is 11.6. The number of hydrogen-bond donors (Lipinski definition) is 2. The molecular weight excluding hydrogens is 436 g/mol. The van der Waals surface area contributed by atoms with Crippen LogP contribution in [0.1, 0.15) is 25.3 Å². The Morgan fingerprint density at radius 1 is 1.32 bits per heavy atom. The average molecular weight is 465 g/mol. The van der Waals surface area contributed by atoms with E-state index in [2.05, 4.69) is 15.6 Å². The smallest absolute Gasteiger partial charge is 0.191 e. The largest absolute Gasteiger partial charge is 0.381 e. The van der Waals surface area contributed by atoms with Crippen molar-refractivity contribution in [1.82, 2.24) is 10.6 Å². The summed E-state index contributed by atoms with van der Waals surface area (Å²) in [4.78, 5) is 4.67. The molecule has 0 radical (unpaired) electrons. The van der Waals surface area contributed by atoms with Crippen LogP contribution in [0.4, 0.5) is 4.39 Å². The van der Waals surface area contributed by atoms with Crippen LogP contribution in [0.3, 0.4) is 0 Å². The van der Waals surface area contributed by atoms with Gasteiger partial charge in [-0.2, -0.15) is 0 Å². The number of benzene rings is 1. The third-order valence-corrected chi connectivity index (χ3v) is 4.30. The molecular formula is C18H29FIN3O2. The molecule has 1 aromatic carbocycles. The van der Waals surface area contributed by atoms with Gasteiger partial charge in [-0.3, -0.25) is 4.99 Å². The van der Waals surface area contributed by atoms with Gasteiger partial charge in [0.15, 0.2) is 5.96 Å². The SMILES string of the molecule is CCNC(=NCC1(OC)CCOCC1)NCCc1cccc(F)c1.I. The Hall–Kier alpha value is -0.930. The summed E-state index contributed by atoms with van der Waals surface area (Å²) in [5, 5.41) is 6.54. The first-order chi connectivity index (χ1) is 11.7. The van der Waals surface area contributed by atoms with Gasteiger partial charge in [0.1, 0.15) is 5.82 Å². The molecule has 0 unspecified atom stereocenters. The molecule has 1 fully saturated rings. The number of ether oxygens (including phenoxy) is 2. The van der Waals surface area contributed by atoms with Gasteiger partial charge in [-0.15, -0.1) is 24.0 Å². The fraction of sp³-hybridized carbons (Fsp3) is 0.611. The maximum Gasteiger partial charge on any atom is 0.191 e. The Labute approximate surface area is 166 Å². The molecule has 2 N–H and O–H groups in total. The Kier molecular flexibility index (Phi) is 10.3. The number of rotatable bonds is 7. The number of methoxy groups -OCH3 is 1. The van der Waals surface area contributed by atoms with Crippen LogP contribution < -0.4 is 10.6 Å². The van der Waals surface area contributed by atoms with Crippen LogP contribution in [0.15, 0.2) is 29.3 Å². The summed E-state index contributed by atoms with van der Waals surface area (Å²) in [6.07, 6.45) is 2.46. The van der Waals surface area contributed by atoms with Gasteiger partial charge >= 0.3 is 0 Å². The molecule has 1 saturated heterocycles. The number of halogens is 2. The van der Waals surface area contributed by atoms with E-state index < -0.39 is 0 Å². The molecule has 1 aliphatic rings. The summed E-state index contributed by atoms with van der Waals surface area (Å²) in [5.74, 6) is 0.562. The molecule has 0 saturated carbocycles. The lowest BCUT2D eigenvalue weighted by Gasteiger charge is -2.34. The van der Waals surface area contributed by atoms with E-state index in [0.29, 0.717) is 26.3 Å². The zero-order valence-electron chi connectivity index (χ0n) is 15.0. The van der Waals surface area contributed by atoms with Crippen LogP contribution >= 0.6 is 24.0 Å². The molecule has 0 aliphatic carbocycles. The van der Waals surface area contributed by atoms with E-state index in [4.69, 9.17) is 9.47 Å². The summed E-state index contributed by atoms with van der Waals surface area (Å²) >= 11 is 0. The van der Waals surface area contributed by atoms with Crippen molar-refractivity contribution in [2.45, 2.75) is 31.8 Å². The van der Waals surface area contributed by atoms with Crippen molar-refractivity contribution in [1.29, 1.82) is 0 Å². The minimum Gasteiger partial charge on any atom is -0.381 e. The van der Waals surface area contributed by atoms with Crippen LogP contribution in [0.25, 0.3) is 0 Å². The molecule has 0 aromatic heterocycles. The normalized spacial score (nSPS) is 16.8. The molecule has 25 heavy (non-hydrogen) atoms. The summed E-state index contributed by atoms with van der Waals surface area (Å²) in [5.41, 5.74) is 0.736. The van der Waals surface area contributed by atoms with E-state index in [1.807, 2.05) is 13.0 Å². The van der Waals surface area contributed by atoms with Gasteiger partial charge in [-0.05, 0) is 31.0 Å². The molecule has 1 heterocycles. The van der Waals surface area contributed by atoms with E-state index in [-0.39, 0.29) is 35.4 Å². The topological polar surface area (TPSA) is 54.9 Å². The van der Waals surface area contributed by atoms with Gasteiger partial charge < -0.3 is 20.1 Å². The zero-order chi connectivity index (χ0) is 17.3. The lowest BCUT2D eigenvalue weighted by Crippen LogP contribution is -2.44. The van der Waals surface area contributed by atoms with Crippen LogP contribution in [0.2, 0.25) is 0 Å². The van der Waals surface area contributed by atoms with Crippen LogP contribution in [0, 0.1) is 5.82 Å². The number of nitrogens with one attached hydrogen (secondary N) is 2. The van der Waals surface area contributed by atoms with Crippen molar-refractivity contribution in [3.05, 3.63) is 35.6 Å². The molecule has 2 rings (SSSR count). The lowest BCUT2D eigenvalue weighted by atomic mass is 9.94. The monoisotopic (exact) mass is 465 g/mol. The van der Waals surface area contributed by atoms with Gasteiger partial charge in [0.25, 0.3) is 0 Å². The molecule has 1 aromatic rings. The highest BCUT2D eigenvalue weighted by Gasteiger charge is 2.32. The summed E-state index contributed by atoms with van der Waals surface area (Å²) in [7, 11) is 1.74. The first-order valence-corrected chi connectivity index (χ1v) is 8.57. The molecule has 7 heteroatoms. The Bertz CT molecular complexity index is 537. The predicted molar refractivity (Wildman–Crippen MR) is 109 cm³/mol. The van der Waals surface area contributed by atoms with Gasteiger partial charge in [-0.1, -0.05) is 12.1 Å². The van der Waals surface area contributed by atoms with Crippen molar-refractivity contribution in [2.75, 3.05) is 40.0 Å². The first kappa shape index (κ1) is 22.1. The second-order valence-corrected chi connectivity index (χ2v) is 6.00. The van der Waals surface area contributed by atoms with Crippen LogP contribution in [0.5, 0.6) is 0 Å². The first-order valence-electron chi connectivity index (χ1n) is 8.57. The molecule has 0 bridgehead atoms. The lowest BCUT2D eigenvalue weighted by molar-refractivity contribution is -0.0828. The Morgan fingerprint density at radius 3 is 2.72 bits per heavy atom. The van der Waals surface area contributed by atoms with Gasteiger partial charge in [0.2, 0.25) is 0 Å². The fourth-order valence-electron chi connectivity index (χ4n) is 2.75. The maximum atomic E-state index is 13.2. The third-order valence-electron chi connectivity index (χ3n) is 4.30. The molecule has 0 spiro atoms. The van der Waals surface area contributed by atoms with Gasteiger partial charge in [0, 0.05) is 46.3 Å². The van der Waals surface area contributed by atoms with E-state index >= 15 is 0 Å². The summed E-state index contributed by atoms with van der Waals surface area (Å²) < 4.78 is 24.3. The average Bonchev–Trinajstić information content (AvgIpc) is 2.60. The van der Waals surface area contributed by atoms with E-state index in [1.54, 1.807) is 19.2 Å². The van der Waals surface area contributed by atoms with E-state index in [9.17, 15) is 4.39 Å². The van der Waals surface area contributed by atoms with Crippen molar-refractivity contribution in [2.24, 2.45) is 4.99 Å². The maximum absolute atomic E-state index is 13.2. The minimum atomic E-state index is -0.233. The molecule has 5 nitrogen and oxygen atoms in total. The highest BCUT2D eigenvalue weighted by Crippen LogP contribution is 2.24. The second-order valence-electron chi connectivity index (χ2n) is 6.00. The minimum absolute atomic E-state index is 0. The summed E-state index contributed by atoms with van der Waals surface area (Å²) in [6.45, 7) is 5.54. The van der Waals surface area contributed by atoms with Crippen molar-refractivity contribution < 1.29 is 13.9 Å². The highest BCUT2D eigenvalue weighted by atomic mass is 127. The van der Waals surface area contributed by atoms with Crippen molar-refractivity contribution in [3.8, 4) is 0 Å². The number of hydrogen-bond acceptors (Lipinski definition) is 3. The Balaban J connectivity index is 0.00000312. The van der Waals surface area contributed by atoms with E-state index in [1.165, 1.54) is 6.07 Å². The van der Waals surface area contributed by atoms with Crippen LogP contribution in [-0.4, -0.2) is 51.5 Å². The van der Waals surface area contributed by atoms with Crippen molar-refractivity contribution in [3.63, 3.8) is 0 Å². The number of guanidine groups is 1. The predicted octanol–water partition coefficient (Wildman–Crippen LogP) is 2.74. The molecule has 0 atom stereocenters. The standard InChI is InChI=1S/C18H28FN3O2.HI/c1-3-20-17(21-10-7-15-5-4-6-16(19)13-15)22-14-18(23-2)8-11-24-12-9-18;/h4-6,13H,3,7-12,14H2,1-2H3,(H2,20,21,22);1H. The Morgan fingerprint density at radius 2 is 2.08 bits per heavy atom. The molecule has 142 valence electrons. The quantitative estimate of drug-likeness (QED) is 0.370. The number of aliphatic imine (C=N–C) groups is 1. The third kappa shape index (κ3) is 7.45. The fourth-order valence-corrected chi connectivity index (χ4v) is 2.75. The molecule has 1 aliphatic heterocycles. The van der Waals surface area contributed by atoms with E-state index in [0.717, 1.165) is 37.3 Å². The zero-order valence-corrected chi connectivity index (χ0v) is 17.3. The summed E-state index contributed by atoms with van der Waals surface area (Å²) in [6, 6.07) is 6.68. The number of nitrogens with zero attached hydrogens (tertiary/aromatic N) is 1. The van der Waals surface area contributed by atoms with Gasteiger partial charge in [-0.25, -0.2) is 4.39 Å².